The third kappa shape index (κ3) is 50800. The molecule has 7 heteroatoms. The molecule has 0 spiro atoms. The second kappa shape index (κ2) is 0.654. The molecule has 0 rings (SSSR count). The Morgan fingerprint density at radius 1 is 0.857 bits per heavy atom. The van der Waals surface area contributed by atoms with E-state index in [9.17, 15) is 16.3 Å². The summed E-state index contributed by atoms with van der Waals surface area (Å²) >= 11 is -8.36. The molecule has 0 heterocycles. The van der Waals surface area contributed by atoms with Crippen LogP contribution in [0.15, 0.2) is 0 Å². The van der Waals surface area contributed by atoms with Crippen LogP contribution < -0.4 is 0 Å². The monoisotopic (exact) mass is 204 g/mol. The van der Waals surface area contributed by atoms with E-state index in [1.165, 1.54) is 0 Å². The summed E-state index contributed by atoms with van der Waals surface area (Å²) in [6.07, 6.45) is 0. The van der Waals surface area contributed by atoms with Gasteiger partial charge in [-0.15, -0.1) is 0 Å². The van der Waals surface area contributed by atoms with E-state index in [1.54, 1.807) is 0 Å². The van der Waals surface area contributed by atoms with E-state index in [4.69, 9.17) is 0 Å². The summed E-state index contributed by atoms with van der Waals surface area (Å²) < 4.78 is 46.5. The molecule has 0 N–H and O–H groups in total. The summed E-state index contributed by atoms with van der Waals surface area (Å²) in [5.74, 6) is 0. The van der Waals surface area contributed by atoms with Crippen molar-refractivity contribution < 1.29 is 29.9 Å². The fourth-order valence-electron chi connectivity index (χ4n) is 0. The summed E-state index contributed by atoms with van der Waals surface area (Å²) in [7, 11) is -1.36. The number of rotatable bonds is 0. The Morgan fingerprint density at radius 3 is 0.857 bits per heavy atom. The van der Waals surface area contributed by atoms with E-state index in [1.807, 2.05) is 0 Å². The first-order valence-corrected chi connectivity index (χ1v) is 13.3. The van der Waals surface area contributed by atoms with Crippen molar-refractivity contribution in [2.75, 3.05) is 0 Å². The zero-order valence-electron chi connectivity index (χ0n) is 3.49. The first-order valence-electron chi connectivity index (χ1n) is 1.36. The fraction of sp³-hybridized carbons (Fsp3) is 0. The van der Waals surface area contributed by atoms with Crippen molar-refractivity contribution in [2.45, 2.75) is 0 Å². The molecule has 0 radical (unpaired) electrons. The molecule has 0 aliphatic heterocycles. The molecule has 0 aliphatic carbocycles. The maximum atomic E-state index is 9.29. The third-order valence-corrected chi connectivity index (χ3v) is 0. The first kappa shape index (κ1) is 6.96. The average molecular weight is 204 g/mol. The summed E-state index contributed by atoms with van der Waals surface area (Å²) in [4.78, 5) is 0. The van der Waals surface area contributed by atoms with Gasteiger partial charge in [-0.2, -0.15) is 0 Å². The minimum absolute atomic E-state index is 1.36. The van der Waals surface area contributed by atoms with Crippen LogP contribution in [0.2, 0.25) is 0 Å². The van der Waals surface area contributed by atoms with E-state index >= 15 is 0 Å². The Labute approximate surface area is 38.3 Å². The summed E-state index contributed by atoms with van der Waals surface area (Å²) in [5.41, 5.74) is 0. The molecule has 0 unspecified atom stereocenters. The SMILES string of the molecule is [O]=[Nb](=[O])(=[O])(=[O])(=[O])[SiH3]. The van der Waals surface area contributed by atoms with Crippen LogP contribution in [-0.4, -0.2) is 8.00 Å². The number of hydrogen-bond acceptors (Lipinski definition) is 5. The minimum atomic E-state index is -8.36. The topological polar surface area (TPSA) is 85.3 Å². The molecule has 0 aromatic rings. The molecule has 42 valence electrons. The molecular weight excluding hydrogens is 201 g/mol. The Bertz CT molecular complexity index is 386. The Kier molecular flexibility index (Phi) is 0.650. The van der Waals surface area contributed by atoms with Gasteiger partial charge in [0.15, 0.2) is 0 Å². The van der Waals surface area contributed by atoms with Gasteiger partial charge in [-0.3, -0.25) is 0 Å². The number of hydrogen-bond donors (Lipinski definition) is 0. The molecule has 0 amide bonds. The maximum absolute atomic E-state index is 9.29. The molecule has 7 heavy (non-hydrogen) atoms. The second-order valence-corrected chi connectivity index (χ2v) is 20.6. The van der Waals surface area contributed by atoms with Crippen molar-refractivity contribution in [3.05, 3.63) is 0 Å². The van der Waals surface area contributed by atoms with Crippen molar-refractivity contribution >= 4 is 8.00 Å². The van der Waals surface area contributed by atoms with Crippen LogP contribution >= 0.6 is 0 Å². The van der Waals surface area contributed by atoms with Crippen LogP contribution in [0.3, 0.4) is 0 Å². The van der Waals surface area contributed by atoms with Crippen molar-refractivity contribution in [1.82, 2.24) is 0 Å². The van der Waals surface area contributed by atoms with Crippen LogP contribution in [0.5, 0.6) is 0 Å². The van der Waals surface area contributed by atoms with Crippen LogP contribution in [0.25, 0.3) is 0 Å². The first-order chi connectivity index (χ1) is 2.45. The van der Waals surface area contributed by atoms with Crippen LogP contribution in [0, 0.1) is 0 Å². The van der Waals surface area contributed by atoms with Gasteiger partial charge in [-0.05, 0) is 0 Å². The van der Waals surface area contributed by atoms with Crippen molar-refractivity contribution in [1.29, 1.82) is 0 Å². The van der Waals surface area contributed by atoms with E-state index in [0.29, 0.717) is 0 Å². The van der Waals surface area contributed by atoms with Crippen LogP contribution in [-0.2, 0) is 29.9 Å². The predicted molar refractivity (Wildman–Crippen MR) is 13.4 cm³/mol. The van der Waals surface area contributed by atoms with Gasteiger partial charge in [0, 0.05) is 0 Å². The third-order valence-electron chi connectivity index (χ3n) is 0. The van der Waals surface area contributed by atoms with Gasteiger partial charge in [0.25, 0.3) is 0 Å². The van der Waals surface area contributed by atoms with Crippen molar-refractivity contribution in [2.24, 2.45) is 0 Å². The molecule has 0 bridgehead atoms. The summed E-state index contributed by atoms with van der Waals surface area (Å²) in [5, 5.41) is 0. The zero-order valence-corrected chi connectivity index (χ0v) is 7.69. The molecule has 0 fully saturated rings. The van der Waals surface area contributed by atoms with Crippen molar-refractivity contribution in [3.63, 3.8) is 0 Å². The van der Waals surface area contributed by atoms with Gasteiger partial charge in [-0.1, -0.05) is 0 Å². The quantitative estimate of drug-likeness (QED) is 0.435. The fourth-order valence-corrected chi connectivity index (χ4v) is 0. The summed E-state index contributed by atoms with van der Waals surface area (Å²) in [6.45, 7) is 0. The predicted octanol–water partition coefficient (Wildman–Crippen LogP) is -1.78. The van der Waals surface area contributed by atoms with Crippen LogP contribution in [0.4, 0.5) is 0 Å². The Hall–Kier alpha value is -0.0429. The molecule has 0 saturated carbocycles. The van der Waals surface area contributed by atoms with E-state index < -0.39 is 21.6 Å². The molecule has 0 aliphatic rings. The molecule has 0 saturated heterocycles. The van der Waals surface area contributed by atoms with Crippen LogP contribution in [0.1, 0.15) is 0 Å². The Balaban J connectivity index is 7.65. The van der Waals surface area contributed by atoms with E-state index in [2.05, 4.69) is 0 Å². The zero-order chi connectivity index (χ0) is 6.41. The second-order valence-electron chi connectivity index (χ2n) is 1.66. The standard InChI is InChI=1S/Nb.5O.H3Si/h;;;;;;1H3. The Morgan fingerprint density at radius 2 is 0.857 bits per heavy atom. The average Bonchev–Trinajstić information content (AvgIpc) is 0.592. The van der Waals surface area contributed by atoms with Gasteiger partial charge in [0.2, 0.25) is 0 Å². The van der Waals surface area contributed by atoms with Gasteiger partial charge in [0.1, 0.15) is 0 Å². The molecule has 0 aromatic heterocycles. The van der Waals surface area contributed by atoms with Crippen molar-refractivity contribution in [3.8, 4) is 0 Å². The van der Waals surface area contributed by atoms with Gasteiger partial charge >= 0.3 is 37.9 Å². The summed E-state index contributed by atoms with van der Waals surface area (Å²) in [6, 6.07) is 0. The van der Waals surface area contributed by atoms with E-state index in [0.717, 1.165) is 0 Å². The molecule has 5 nitrogen and oxygen atoms in total. The van der Waals surface area contributed by atoms with Gasteiger partial charge in [0.05, 0.1) is 0 Å². The normalized spacial score (nSPS) is 12.6. The van der Waals surface area contributed by atoms with Gasteiger partial charge < -0.3 is 0 Å². The molecular formula is H3NbO5Si. The van der Waals surface area contributed by atoms with Gasteiger partial charge in [-0.25, -0.2) is 0 Å². The molecule has 0 atom stereocenters. The molecule has 0 aromatic carbocycles. The van der Waals surface area contributed by atoms with E-state index in [-0.39, 0.29) is 0 Å².